The highest BCUT2D eigenvalue weighted by Crippen LogP contribution is 2.21. The van der Waals surface area contributed by atoms with Crippen LogP contribution < -0.4 is 10.1 Å². The summed E-state index contributed by atoms with van der Waals surface area (Å²) >= 11 is 5.73. The van der Waals surface area contributed by atoms with Gasteiger partial charge in [0.15, 0.2) is 6.10 Å². The fraction of sp³-hybridized carbons (Fsp3) is 0.259. The van der Waals surface area contributed by atoms with E-state index in [0.717, 1.165) is 21.7 Å². The molecule has 6 heteroatoms. The molecule has 33 heavy (non-hydrogen) atoms. The van der Waals surface area contributed by atoms with Crippen molar-refractivity contribution in [2.75, 3.05) is 13.2 Å². The van der Waals surface area contributed by atoms with Crippen LogP contribution in [-0.4, -0.2) is 35.4 Å². The van der Waals surface area contributed by atoms with Gasteiger partial charge in [-0.3, -0.25) is 0 Å². The number of ether oxygens (including phenoxy) is 2. The molecule has 0 saturated heterocycles. The summed E-state index contributed by atoms with van der Waals surface area (Å²) in [5.74, 6) is -0.354. The van der Waals surface area contributed by atoms with E-state index >= 15 is 0 Å². The van der Waals surface area contributed by atoms with Crippen molar-refractivity contribution < 1.29 is 19.4 Å². The van der Waals surface area contributed by atoms with Gasteiger partial charge in [-0.25, -0.2) is 4.79 Å². The molecule has 2 unspecified atom stereocenters. The van der Waals surface area contributed by atoms with Gasteiger partial charge in [0.05, 0.1) is 10.9 Å². The summed E-state index contributed by atoms with van der Waals surface area (Å²) in [7, 11) is 0. The van der Waals surface area contributed by atoms with Crippen molar-refractivity contribution >= 4 is 23.2 Å². The first-order chi connectivity index (χ1) is 16.1. The van der Waals surface area contributed by atoms with E-state index in [0.29, 0.717) is 31.9 Å². The SMILES string of the molecule is CCOC(Cc1ccc(OCC(C(=S)NCc2ccccc2)c2ccccc2)cc1)C(=O)O. The highest BCUT2D eigenvalue weighted by atomic mass is 32.1. The zero-order chi connectivity index (χ0) is 23.5. The summed E-state index contributed by atoms with van der Waals surface area (Å²) < 4.78 is 11.4. The number of nitrogens with one attached hydrogen (secondary N) is 1. The Hall–Kier alpha value is -3.22. The van der Waals surface area contributed by atoms with Crippen molar-refractivity contribution in [3.63, 3.8) is 0 Å². The maximum Gasteiger partial charge on any atom is 0.333 e. The molecule has 0 amide bonds. The number of thiocarbonyl (C=S) groups is 1. The van der Waals surface area contributed by atoms with Crippen molar-refractivity contribution in [2.45, 2.75) is 31.9 Å². The van der Waals surface area contributed by atoms with Gasteiger partial charge in [0, 0.05) is 19.6 Å². The average Bonchev–Trinajstić information content (AvgIpc) is 2.85. The van der Waals surface area contributed by atoms with E-state index in [1.54, 1.807) is 6.92 Å². The Kier molecular flexibility index (Phi) is 9.42. The van der Waals surface area contributed by atoms with E-state index in [4.69, 9.17) is 21.7 Å². The third-order valence-electron chi connectivity index (χ3n) is 5.23. The molecule has 172 valence electrons. The molecule has 2 atom stereocenters. The molecule has 0 aliphatic carbocycles. The number of hydrogen-bond acceptors (Lipinski definition) is 4. The summed E-state index contributed by atoms with van der Waals surface area (Å²) in [6, 6.07) is 27.6. The van der Waals surface area contributed by atoms with Crippen molar-refractivity contribution in [1.82, 2.24) is 5.32 Å². The molecule has 5 nitrogen and oxygen atoms in total. The summed E-state index contributed by atoms with van der Waals surface area (Å²) in [6.07, 6.45) is -0.541. The summed E-state index contributed by atoms with van der Waals surface area (Å²) in [5, 5.41) is 12.6. The highest BCUT2D eigenvalue weighted by molar-refractivity contribution is 7.80. The molecule has 0 fully saturated rings. The molecular weight excluding hydrogens is 434 g/mol. The first kappa shape index (κ1) is 24.4. The Morgan fingerprint density at radius 3 is 2.18 bits per heavy atom. The molecule has 0 aromatic heterocycles. The molecule has 0 saturated carbocycles. The minimum atomic E-state index is -0.959. The van der Waals surface area contributed by atoms with E-state index in [-0.39, 0.29) is 5.92 Å². The zero-order valence-electron chi connectivity index (χ0n) is 18.6. The van der Waals surface area contributed by atoms with Gasteiger partial charge in [-0.15, -0.1) is 0 Å². The number of rotatable bonds is 12. The third-order valence-corrected chi connectivity index (χ3v) is 5.66. The van der Waals surface area contributed by atoms with Gasteiger partial charge in [-0.2, -0.15) is 0 Å². The number of carboxylic acid groups (broad SMARTS) is 1. The van der Waals surface area contributed by atoms with Crippen molar-refractivity contribution in [2.24, 2.45) is 0 Å². The van der Waals surface area contributed by atoms with Crippen LogP contribution in [0.5, 0.6) is 5.75 Å². The van der Waals surface area contributed by atoms with Gasteiger partial charge in [0.2, 0.25) is 0 Å². The van der Waals surface area contributed by atoms with E-state index in [1.165, 1.54) is 0 Å². The Bertz CT molecular complexity index is 1010. The van der Waals surface area contributed by atoms with Crippen LogP contribution >= 0.6 is 12.2 Å². The second-order valence-electron chi connectivity index (χ2n) is 7.61. The fourth-order valence-corrected chi connectivity index (χ4v) is 3.73. The number of carbonyl (C=O) groups is 1. The molecule has 3 aromatic carbocycles. The van der Waals surface area contributed by atoms with E-state index < -0.39 is 12.1 Å². The van der Waals surface area contributed by atoms with Crippen LogP contribution in [0, 0.1) is 0 Å². The number of hydrogen-bond donors (Lipinski definition) is 2. The van der Waals surface area contributed by atoms with Crippen molar-refractivity contribution in [1.29, 1.82) is 0 Å². The number of aliphatic carboxylic acids is 1. The maximum atomic E-state index is 11.3. The Morgan fingerprint density at radius 2 is 1.58 bits per heavy atom. The standard InChI is InChI=1S/C27H29NO4S/c1-2-31-25(27(29)30)17-20-13-15-23(16-14-20)32-19-24(22-11-7-4-8-12-22)26(33)28-18-21-9-5-3-6-10-21/h3-16,24-25H,2,17-19H2,1H3,(H,28,33)(H,29,30). The molecule has 0 aliphatic heterocycles. The molecule has 0 spiro atoms. The van der Waals surface area contributed by atoms with E-state index in [9.17, 15) is 9.90 Å². The molecule has 0 bridgehead atoms. The number of benzene rings is 3. The number of carboxylic acids is 1. The van der Waals surface area contributed by atoms with Crippen LogP contribution in [0.2, 0.25) is 0 Å². The molecule has 3 rings (SSSR count). The van der Waals surface area contributed by atoms with Gasteiger partial charge in [0.25, 0.3) is 0 Å². The van der Waals surface area contributed by atoms with Gasteiger partial charge in [-0.1, -0.05) is 85.0 Å². The topological polar surface area (TPSA) is 67.8 Å². The first-order valence-electron chi connectivity index (χ1n) is 11.0. The van der Waals surface area contributed by atoms with Gasteiger partial charge < -0.3 is 19.9 Å². The van der Waals surface area contributed by atoms with Crippen molar-refractivity contribution in [3.8, 4) is 5.75 Å². The van der Waals surface area contributed by atoms with Crippen LogP contribution in [-0.2, 0) is 22.5 Å². The lowest BCUT2D eigenvalue weighted by Gasteiger charge is -2.21. The third kappa shape index (κ3) is 7.70. The predicted octanol–water partition coefficient (Wildman–Crippen LogP) is 5.00. The molecular formula is C27H29NO4S. The average molecular weight is 464 g/mol. The van der Waals surface area contributed by atoms with Gasteiger partial charge >= 0.3 is 5.97 Å². The lowest BCUT2D eigenvalue weighted by Crippen LogP contribution is -2.30. The van der Waals surface area contributed by atoms with E-state index in [1.807, 2.05) is 72.8 Å². The molecule has 0 aliphatic rings. The van der Waals surface area contributed by atoms with Gasteiger partial charge in [-0.05, 0) is 35.7 Å². The van der Waals surface area contributed by atoms with Crippen LogP contribution in [0.15, 0.2) is 84.9 Å². The maximum absolute atomic E-state index is 11.3. The minimum absolute atomic E-state index is 0.0982. The molecule has 0 radical (unpaired) electrons. The summed E-state index contributed by atoms with van der Waals surface area (Å²) in [4.78, 5) is 12.0. The van der Waals surface area contributed by atoms with Crippen LogP contribution in [0.1, 0.15) is 29.5 Å². The van der Waals surface area contributed by atoms with Gasteiger partial charge in [0.1, 0.15) is 12.4 Å². The fourth-order valence-electron chi connectivity index (χ4n) is 3.45. The minimum Gasteiger partial charge on any atom is -0.493 e. The second kappa shape index (κ2) is 12.7. The normalized spacial score (nSPS) is 12.5. The first-order valence-corrected chi connectivity index (χ1v) is 11.4. The van der Waals surface area contributed by atoms with E-state index in [2.05, 4.69) is 17.4 Å². The molecule has 2 N–H and O–H groups in total. The molecule has 0 heterocycles. The monoisotopic (exact) mass is 463 g/mol. The Morgan fingerprint density at radius 1 is 0.939 bits per heavy atom. The van der Waals surface area contributed by atoms with Crippen LogP contribution in [0.3, 0.4) is 0 Å². The molecule has 3 aromatic rings. The summed E-state index contributed by atoms with van der Waals surface area (Å²) in [6.45, 7) is 3.19. The predicted molar refractivity (Wildman–Crippen MR) is 134 cm³/mol. The second-order valence-corrected chi connectivity index (χ2v) is 8.05. The van der Waals surface area contributed by atoms with Crippen LogP contribution in [0.4, 0.5) is 0 Å². The highest BCUT2D eigenvalue weighted by Gasteiger charge is 2.19. The van der Waals surface area contributed by atoms with Crippen molar-refractivity contribution in [3.05, 3.63) is 102 Å². The largest absolute Gasteiger partial charge is 0.493 e. The Labute approximate surface area is 200 Å². The smallest absolute Gasteiger partial charge is 0.333 e. The Balaban J connectivity index is 1.63. The lowest BCUT2D eigenvalue weighted by atomic mass is 9.99. The quantitative estimate of drug-likeness (QED) is 0.369. The summed E-state index contributed by atoms with van der Waals surface area (Å²) in [5.41, 5.74) is 3.12. The zero-order valence-corrected chi connectivity index (χ0v) is 19.5. The lowest BCUT2D eigenvalue weighted by molar-refractivity contribution is -0.149. The van der Waals surface area contributed by atoms with Crippen LogP contribution in [0.25, 0.3) is 0 Å².